The van der Waals surface area contributed by atoms with Crippen LogP contribution in [-0.4, -0.2) is 27.4 Å². The fraction of sp³-hybridized carbons (Fsp3) is 0.769. The number of nitro groups is 1. The molecule has 2 rings (SSSR count). The second kappa shape index (κ2) is 6.21. The van der Waals surface area contributed by atoms with Gasteiger partial charge < -0.3 is 10.5 Å². The lowest BCUT2D eigenvalue weighted by atomic mass is 10.1. The van der Waals surface area contributed by atoms with E-state index in [-0.39, 0.29) is 28.5 Å². The Hall–Kier alpha value is -1.63. The molecule has 1 aromatic heterocycles. The van der Waals surface area contributed by atoms with Gasteiger partial charge in [-0.2, -0.15) is 5.10 Å². The fourth-order valence-electron chi connectivity index (χ4n) is 2.84. The van der Waals surface area contributed by atoms with Crippen LogP contribution in [0.15, 0.2) is 0 Å². The van der Waals surface area contributed by atoms with Crippen molar-refractivity contribution in [2.45, 2.75) is 45.1 Å². The summed E-state index contributed by atoms with van der Waals surface area (Å²) in [5, 5.41) is 15.5. The Morgan fingerprint density at radius 1 is 1.55 bits per heavy atom. The van der Waals surface area contributed by atoms with E-state index < -0.39 is 0 Å². The van der Waals surface area contributed by atoms with Crippen molar-refractivity contribution in [2.75, 3.05) is 6.54 Å². The quantitative estimate of drug-likeness (QED) is 0.633. The fourth-order valence-corrected chi connectivity index (χ4v) is 2.84. The minimum atomic E-state index is -0.389. The number of rotatable bonds is 6. The van der Waals surface area contributed by atoms with Gasteiger partial charge in [0.05, 0.1) is 4.92 Å². The van der Waals surface area contributed by atoms with E-state index in [2.05, 4.69) is 5.10 Å². The van der Waals surface area contributed by atoms with Crippen LogP contribution >= 0.6 is 0 Å². The first-order chi connectivity index (χ1) is 9.58. The molecule has 1 heterocycles. The van der Waals surface area contributed by atoms with Gasteiger partial charge in [0.15, 0.2) is 0 Å². The maximum Gasteiger partial charge on any atom is 0.353 e. The van der Waals surface area contributed by atoms with Crippen molar-refractivity contribution in [1.29, 1.82) is 0 Å². The normalized spacial score (nSPS) is 22.1. The van der Waals surface area contributed by atoms with Crippen molar-refractivity contribution in [1.82, 2.24) is 9.78 Å². The minimum absolute atomic E-state index is 0.0111. The highest BCUT2D eigenvalue weighted by Gasteiger charge is 2.34. The Balaban J connectivity index is 2.28. The number of hydrogen-bond donors (Lipinski definition) is 1. The Morgan fingerprint density at radius 2 is 2.30 bits per heavy atom. The van der Waals surface area contributed by atoms with Crippen LogP contribution in [0.2, 0.25) is 0 Å². The zero-order chi connectivity index (χ0) is 14.7. The van der Waals surface area contributed by atoms with Gasteiger partial charge in [-0.3, -0.25) is 10.1 Å². The van der Waals surface area contributed by atoms with Gasteiger partial charge in [-0.05, 0) is 32.2 Å². The molecule has 20 heavy (non-hydrogen) atoms. The maximum absolute atomic E-state index is 11.3. The maximum atomic E-state index is 11.3. The molecule has 2 N–H and O–H groups in total. The average molecular weight is 282 g/mol. The number of nitrogens with two attached hydrogens (primary N) is 1. The molecule has 0 saturated heterocycles. The molecule has 1 aromatic rings. The summed E-state index contributed by atoms with van der Waals surface area (Å²) in [6.45, 7) is 2.53. The Labute approximate surface area is 118 Å². The number of hydrogen-bond acceptors (Lipinski definition) is 5. The van der Waals surface area contributed by atoms with Gasteiger partial charge in [0.25, 0.3) is 5.88 Å². The van der Waals surface area contributed by atoms with Crippen LogP contribution in [0.1, 0.15) is 38.3 Å². The molecule has 112 valence electrons. The minimum Gasteiger partial charge on any atom is -0.469 e. The SMILES string of the molecule is CCCc1nn(C)c(OC2CCCC2CN)c1[N+](=O)[O-]. The molecule has 7 heteroatoms. The monoisotopic (exact) mass is 282 g/mol. The highest BCUT2D eigenvalue weighted by atomic mass is 16.6. The van der Waals surface area contributed by atoms with Crippen LogP contribution in [0, 0.1) is 16.0 Å². The van der Waals surface area contributed by atoms with Crippen LogP contribution in [0.5, 0.6) is 5.88 Å². The van der Waals surface area contributed by atoms with E-state index in [1.54, 1.807) is 7.05 Å². The van der Waals surface area contributed by atoms with Gasteiger partial charge in [0.2, 0.25) is 0 Å². The zero-order valence-corrected chi connectivity index (χ0v) is 12.0. The molecule has 1 aliphatic carbocycles. The molecule has 0 spiro atoms. The standard InChI is InChI=1S/C13H22N4O3/c1-3-5-10-12(17(18)19)13(16(2)15-10)20-11-7-4-6-9(11)8-14/h9,11H,3-8,14H2,1-2H3. The van der Waals surface area contributed by atoms with Crippen molar-refractivity contribution < 1.29 is 9.66 Å². The van der Waals surface area contributed by atoms with Crippen molar-refractivity contribution >= 4 is 5.69 Å². The van der Waals surface area contributed by atoms with Gasteiger partial charge in [0, 0.05) is 13.0 Å². The molecule has 2 atom stereocenters. The van der Waals surface area contributed by atoms with Crippen molar-refractivity contribution in [3.8, 4) is 5.88 Å². The smallest absolute Gasteiger partial charge is 0.353 e. The van der Waals surface area contributed by atoms with Crippen LogP contribution in [0.4, 0.5) is 5.69 Å². The van der Waals surface area contributed by atoms with Crippen molar-refractivity contribution in [2.24, 2.45) is 18.7 Å². The summed E-state index contributed by atoms with van der Waals surface area (Å²) in [5.74, 6) is 0.544. The van der Waals surface area contributed by atoms with E-state index in [9.17, 15) is 10.1 Å². The molecule has 0 amide bonds. The number of nitrogens with zero attached hydrogens (tertiary/aromatic N) is 3. The summed E-state index contributed by atoms with van der Waals surface area (Å²) in [7, 11) is 1.69. The van der Waals surface area contributed by atoms with Crippen molar-refractivity contribution in [3.05, 3.63) is 15.8 Å². The van der Waals surface area contributed by atoms with E-state index in [0.29, 0.717) is 18.7 Å². The van der Waals surface area contributed by atoms with E-state index in [1.165, 1.54) is 4.68 Å². The van der Waals surface area contributed by atoms with Gasteiger partial charge in [-0.15, -0.1) is 0 Å². The second-order valence-electron chi connectivity index (χ2n) is 5.31. The number of aryl methyl sites for hydroxylation is 2. The molecule has 0 aliphatic heterocycles. The third-order valence-corrected chi connectivity index (χ3v) is 3.87. The molecule has 0 radical (unpaired) electrons. The lowest BCUT2D eigenvalue weighted by Gasteiger charge is -2.19. The summed E-state index contributed by atoms with van der Waals surface area (Å²) in [6.07, 6.45) is 4.33. The lowest BCUT2D eigenvalue weighted by Crippen LogP contribution is -2.28. The zero-order valence-electron chi connectivity index (χ0n) is 12.0. The van der Waals surface area contributed by atoms with Crippen LogP contribution in [0.3, 0.4) is 0 Å². The van der Waals surface area contributed by atoms with Gasteiger partial charge in [-0.1, -0.05) is 13.3 Å². The first kappa shape index (κ1) is 14.8. The van der Waals surface area contributed by atoms with Gasteiger partial charge in [0.1, 0.15) is 11.8 Å². The first-order valence-electron chi connectivity index (χ1n) is 7.15. The third kappa shape index (κ3) is 2.77. The van der Waals surface area contributed by atoms with Crippen molar-refractivity contribution in [3.63, 3.8) is 0 Å². The third-order valence-electron chi connectivity index (χ3n) is 3.87. The molecular weight excluding hydrogens is 260 g/mol. The van der Waals surface area contributed by atoms with Gasteiger partial charge >= 0.3 is 5.69 Å². The van der Waals surface area contributed by atoms with E-state index in [1.807, 2.05) is 6.92 Å². The summed E-state index contributed by atoms with van der Waals surface area (Å²) in [5.41, 5.74) is 6.24. The highest BCUT2D eigenvalue weighted by Crippen LogP contribution is 2.35. The number of ether oxygens (including phenoxy) is 1. The predicted octanol–water partition coefficient (Wildman–Crippen LogP) is 1.79. The summed E-state index contributed by atoms with van der Waals surface area (Å²) < 4.78 is 7.39. The van der Waals surface area contributed by atoms with E-state index in [0.717, 1.165) is 25.7 Å². The van der Waals surface area contributed by atoms with Crippen LogP contribution in [-0.2, 0) is 13.5 Å². The largest absolute Gasteiger partial charge is 0.469 e. The summed E-state index contributed by atoms with van der Waals surface area (Å²) in [6, 6.07) is 0. The van der Waals surface area contributed by atoms with Gasteiger partial charge in [-0.25, -0.2) is 4.68 Å². The Bertz CT molecular complexity index is 486. The molecular formula is C13H22N4O3. The summed E-state index contributed by atoms with van der Waals surface area (Å²) in [4.78, 5) is 10.9. The van der Waals surface area contributed by atoms with E-state index in [4.69, 9.17) is 10.5 Å². The molecule has 0 aromatic carbocycles. The molecule has 1 fully saturated rings. The average Bonchev–Trinajstić information content (AvgIpc) is 2.96. The first-order valence-corrected chi connectivity index (χ1v) is 7.15. The van der Waals surface area contributed by atoms with E-state index >= 15 is 0 Å². The lowest BCUT2D eigenvalue weighted by molar-refractivity contribution is -0.386. The Kier molecular flexibility index (Phi) is 4.59. The molecule has 1 saturated carbocycles. The molecule has 2 unspecified atom stereocenters. The Morgan fingerprint density at radius 3 is 2.90 bits per heavy atom. The second-order valence-corrected chi connectivity index (χ2v) is 5.31. The molecule has 0 bridgehead atoms. The summed E-state index contributed by atoms with van der Waals surface area (Å²) >= 11 is 0. The topological polar surface area (TPSA) is 96.2 Å². The molecule has 1 aliphatic rings. The molecule has 7 nitrogen and oxygen atoms in total. The van der Waals surface area contributed by atoms with Crippen LogP contribution < -0.4 is 10.5 Å². The number of aromatic nitrogens is 2. The highest BCUT2D eigenvalue weighted by molar-refractivity contribution is 5.46. The van der Waals surface area contributed by atoms with Crippen LogP contribution in [0.25, 0.3) is 0 Å². The predicted molar refractivity (Wildman–Crippen MR) is 74.7 cm³/mol.